The molecular formula is C32H40ClN3O. The second-order valence-corrected chi connectivity index (χ2v) is 10.3. The van der Waals surface area contributed by atoms with Gasteiger partial charge in [0.2, 0.25) is 5.91 Å². The standard InChI is InChI=1S/C32H39N3O.ClH/c36-32(33-30-20-12-16-26-13-9-10-19-29(26)30)21-8-3-11-22-34-23-24-35(28-17-6-2-7-18-28)25-31(34)27-14-4-1-5-15-27;/h1-2,4-7,9-10,13-15,17-19,30-31H,3,8,11-12,16,20-25H2,(H,33,36);1H. The van der Waals surface area contributed by atoms with Crippen LogP contribution in [0.5, 0.6) is 0 Å². The predicted octanol–water partition coefficient (Wildman–Crippen LogP) is 6.73. The van der Waals surface area contributed by atoms with Gasteiger partial charge in [-0.05, 0) is 67.5 Å². The highest BCUT2D eigenvalue weighted by atomic mass is 35.5. The number of nitrogens with zero attached hydrogens (tertiary/aromatic N) is 2. The van der Waals surface area contributed by atoms with Crippen LogP contribution >= 0.6 is 12.4 Å². The van der Waals surface area contributed by atoms with E-state index in [0.717, 1.165) is 64.7 Å². The van der Waals surface area contributed by atoms with E-state index in [1.165, 1.54) is 22.4 Å². The lowest BCUT2D eigenvalue weighted by Crippen LogP contribution is -2.48. The minimum atomic E-state index is 0. The van der Waals surface area contributed by atoms with Gasteiger partial charge >= 0.3 is 0 Å². The van der Waals surface area contributed by atoms with Crippen molar-refractivity contribution in [2.24, 2.45) is 0 Å². The lowest BCUT2D eigenvalue weighted by atomic mass is 9.87. The van der Waals surface area contributed by atoms with E-state index < -0.39 is 0 Å². The number of halogens is 1. The summed E-state index contributed by atoms with van der Waals surface area (Å²) in [5, 5.41) is 3.31. The first-order valence-electron chi connectivity index (χ1n) is 13.7. The molecule has 5 heteroatoms. The number of fused-ring (bicyclic) bond motifs is 1. The minimum Gasteiger partial charge on any atom is -0.368 e. The van der Waals surface area contributed by atoms with Crippen molar-refractivity contribution in [3.8, 4) is 0 Å². The van der Waals surface area contributed by atoms with Crippen LogP contribution in [-0.4, -0.2) is 37.0 Å². The van der Waals surface area contributed by atoms with Crippen molar-refractivity contribution in [3.63, 3.8) is 0 Å². The van der Waals surface area contributed by atoms with Gasteiger partial charge < -0.3 is 10.2 Å². The number of para-hydroxylation sites is 1. The monoisotopic (exact) mass is 517 g/mol. The van der Waals surface area contributed by atoms with Crippen molar-refractivity contribution in [3.05, 3.63) is 102 Å². The number of amides is 1. The second kappa shape index (κ2) is 13.6. The van der Waals surface area contributed by atoms with E-state index in [0.29, 0.717) is 12.5 Å². The highest BCUT2D eigenvalue weighted by Gasteiger charge is 2.28. The molecule has 1 aliphatic heterocycles. The Morgan fingerprint density at radius 1 is 0.838 bits per heavy atom. The molecule has 1 aliphatic carbocycles. The fourth-order valence-electron chi connectivity index (χ4n) is 5.90. The summed E-state index contributed by atoms with van der Waals surface area (Å²) in [4.78, 5) is 17.8. The van der Waals surface area contributed by atoms with Crippen molar-refractivity contribution >= 4 is 24.0 Å². The van der Waals surface area contributed by atoms with Gasteiger partial charge in [-0.2, -0.15) is 0 Å². The SMILES string of the molecule is Cl.O=C(CCCCCN1CCN(c2ccccc2)CC1c1ccccc1)NC1CCCc2ccccc21. The molecule has 1 fully saturated rings. The number of piperazine rings is 1. The summed E-state index contributed by atoms with van der Waals surface area (Å²) < 4.78 is 0. The summed E-state index contributed by atoms with van der Waals surface area (Å²) >= 11 is 0. The number of unbranched alkanes of at least 4 members (excludes halogenated alkanes) is 2. The van der Waals surface area contributed by atoms with E-state index in [1.807, 2.05) is 0 Å². The van der Waals surface area contributed by atoms with Crippen LogP contribution in [-0.2, 0) is 11.2 Å². The molecule has 3 aromatic carbocycles. The lowest BCUT2D eigenvalue weighted by Gasteiger charge is -2.43. The molecule has 0 spiro atoms. The van der Waals surface area contributed by atoms with E-state index >= 15 is 0 Å². The number of rotatable bonds is 9. The van der Waals surface area contributed by atoms with Crippen molar-refractivity contribution in [2.45, 2.75) is 57.0 Å². The van der Waals surface area contributed by atoms with Crippen molar-refractivity contribution in [1.82, 2.24) is 10.2 Å². The smallest absolute Gasteiger partial charge is 0.220 e. The first-order chi connectivity index (χ1) is 17.8. The Hall–Kier alpha value is -2.82. The maximum absolute atomic E-state index is 12.7. The van der Waals surface area contributed by atoms with Crippen molar-refractivity contribution in [2.75, 3.05) is 31.1 Å². The van der Waals surface area contributed by atoms with Crippen LogP contribution in [0.1, 0.15) is 67.3 Å². The summed E-state index contributed by atoms with van der Waals surface area (Å²) in [5.41, 5.74) is 5.42. The van der Waals surface area contributed by atoms with Gasteiger partial charge in [0.1, 0.15) is 0 Å². The quantitative estimate of drug-likeness (QED) is 0.320. The van der Waals surface area contributed by atoms with E-state index in [9.17, 15) is 4.79 Å². The van der Waals surface area contributed by atoms with E-state index in [2.05, 4.69) is 100 Å². The highest BCUT2D eigenvalue weighted by Crippen LogP contribution is 2.30. The molecule has 196 valence electrons. The van der Waals surface area contributed by atoms with Crippen molar-refractivity contribution in [1.29, 1.82) is 0 Å². The molecule has 2 atom stereocenters. The van der Waals surface area contributed by atoms with Crippen LogP contribution in [0.15, 0.2) is 84.9 Å². The number of aryl methyl sites for hydroxylation is 1. The maximum Gasteiger partial charge on any atom is 0.220 e. The first-order valence-corrected chi connectivity index (χ1v) is 13.7. The Bertz CT molecular complexity index is 1110. The average molecular weight is 518 g/mol. The zero-order valence-electron chi connectivity index (χ0n) is 21.7. The first kappa shape index (κ1) is 27.2. The fourth-order valence-corrected chi connectivity index (χ4v) is 5.90. The second-order valence-electron chi connectivity index (χ2n) is 10.3. The molecular weight excluding hydrogens is 478 g/mol. The number of nitrogens with one attached hydrogen (secondary N) is 1. The Morgan fingerprint density at radius 3 is 2.38 bits per heavy atom. The van der Waals surface area contributed by atoms with E-state index in [1.54, 1.807) is 0 Å². The van der Waals surface area contributed by atoms with Crippen LogP contribution in [0.2, 0.25) is 0 Å². The number of carbonyl (C=O) groups excluding carboxylic acids is 1. The van der Waals surface area contributed by atoms with Crippen LogP contribution in [0, 0.1) is 0 Å². The molecule has 2 aliphatic rings. The third-order valence-electron chi connectivity index (χ3n) is 7.85. The minimum absolute atomic E-state index is 0. The molecule has 1 saturated heterocycles. The number of benzene rings is 3. The molecule has 0 bridgehead atoms. The van der Waals surface area contributed by atoms with Crippen LogP contribution in [0.3, 0.4) is 0 Å². The van der Waals surface area contributed by atoms with Gasteiger partial charge in [-0.15, -0.1) is 12.4 Å². The zero-order valence-corrected chi connectivity index (χ0v) is 22.5. The average Bonchev–Trinajstić information content (AvgIpc) is 2.94. The molecule has 0 aromatic heterocycles. The predicted molar refractivity (Wildman–Crippen MR) is 155 cm³/mol. The largest absolute Gasteiger partial charge is 0.368 e. The molecule has 5 rings (SSSR count). The highest BCUT2D eigenvalue weighted by molar-refractivity contribution is 5.85. The van der Waals surface area contributed by atoms with E-state index in [4.69, 9.17) is 0 Å². The lowest BCUT2D eigenvalue weighted by molar-refractivity contribution is -0.122. The van der Waals surface area contributed by atoms with Gasteiger partial charge in [-0.25, -0.2) is 0 Å². The number of carbonyl (C=O) groups is 1. The summed E-state index contributed by atoms with van der Waals surface area (Å²) in [6.45, 7) is 4.22. The Morgan fingerprint density at radius 2 is 1.57 bits per heavy atom. The molecule has 2 unspecified atom stereocenters. The molecule has 1 amide bonds. The molecule has 1 heterocycles. The summed E-state index contributed by atoms with van der Waals surface area (Å²) in [6.07, 6.45) is 7.15. The van der Waals surface area contributed by atoms with Gasteiger partial charge in [0.25, 0.3) is 0 Å². The normalized spacial score (nSPS) is 19.5. The number of hydrogen-bond donors (Lipinski definition) is 1. The third-order valence-corrected chi connectivity index (χ3v) is 7.85. The van der Waals surface area contributed by atoms with Crippen LogP contribution < -0.4 is 10.2 Å². The van der Waals surface area contributed by atoms with Gasteiger partial charge in [0.15, 0.2) is 0 Å². The van der Waals surface area contributed by atoms with Gasteiger partial charge in [-0.1, -0.05) is 79.2 Å². The Kier molecular flexibility index (Phi) is 10.0. The summed E-state index contributed by atoms with van der Waals surface area (Å²) in [6, 6.07) is 30.9. The molecule has 0 radical (unpaired) electrons. The third kappa shape index (κ3) is 7.15. The van der Waals surface area contributed by atoms with Gasteiger partial charge in [0, 0.05) is 31.7 Å². The van der Waals surface area contributed by atoms with Gasteiger partial charge in [0.05, 0.1) is 12.1 Å². The molecule has 1 N–H and O–H groups in total. The van der Waals surface area contributed by atoms with Crippen molar-refractivity contribution < 1.29 is 4.79 Å². The molecule has 37 heavy (non-hydrogen) atoms. The number of anilines is 1. The van der Waals surface area contributed by atoms with Crippen LogP contribution in [0.4, 0.5) is 5.69 Å². The summed E-state index contributed by atoms with van der Waals surface area (Å²) in [5.74, 6) is 0.204. The topological polar surface area (TPSA) is 35.6 Å². The Labute approximate surface area is 228 Å². The number of hydrogen-bond acceptors (Lipinski definition) is 3. The Balaban J connectivity index is 0.00000320. The van der Waals surface area contributed by atoms with Crippen LogP contribution in [0.25, 0.3) is 0 Å². The van der Waals surface area contributed by atoms with E-state index in [-0.39, 0.29) is 24.4 Å². The zero-order chi connectivity index (χ0) is 24.6. The maximum atomic E-state index is 12.7. The summed E-state index contributed by atoms with van der Waals surface area (Å²) in [7, 11) is 0. The molecule has 0 saturated carbocycles. The molecule has 3 aromatic rings. The van der Waals surface area contributed by atoms with Gasteiger partial charge in [-0.3, -0.25) is 9.69 Å². The fraction of sp³-hybridized carbons (Fsp3) is 0.406. The molecule has 4 nitrogen and oxygen atoms in total.